The minimum Gasteiger partial charge on any atom is -0.224 e. The standard InChI is InChI=1S/C24H24O2S/c1-3-10-23(19-11-6-4-7-12-19)24(20-13-8-5-9-14-20)21-15-17-22(18-16-21)27(2,25)26/h4-9,11-18H,3,10H2,1-2H3/b24-23-. The zero-order chi connectivity index (χ0) is 19.3. The van der Waals surface area contributed by atoms with Crippen LogP contribution in [-0.4, -0.2) is 14.7 Å². The number of sulfone groups is 1. The normalized spacial score (nSPS) is 12.5. The second-order valence-corrected chi connectivity index (χ2v) is 8.65. The summed E-state index contributed by atoms with van der Waals surface area (Å²) in [5, 5.41) is 0. The van der Waals surface area contributed by atoms with E-state index in [0.717, 1.165) is 29.5 Å². The second-order valence-electron chi connectivity index (χ2n) is 6.63. The third kappa shape index (κ3) is 4.55. The van der Waals surface area contributed by atoms with Crippen molar-refractivity contribution in [1.82, 2.24) is 0 Å². The quantitative estimate of drug-likeness (QED) is 0.506. The highest BCUT2D eigenvalue weighted by molar-refractivity contribution is 7.90. The lowest BCUT2D eigenvalue weighted by Gasteiger charge is -2.17. The predicted molar refractivity (Wildman–Crippen MR) is 113 cm³/mol. The molecule has 3 aromatic carbocycles. The molecule has 0 bridgehead atoms. The molecule has 0 aliphatic carbocycles. The minimum absolute atomic E-state index is 0.343. The van der Waals surface area contributed by atoms with E-state index in [4.69, 9.17) is 0 Å². The molecule has 0 saturated carbocycles. The molecule has 0 radical (unpaired) electrons. The lowest BCUT2D eigenvalue weighted by molar-refractivity contribution is 0.602. The molecule has 0 spiro atoms. The maximum atomic E-state index is 11.8. The summed E-state index contributed by atoms with van der Waals surface area (Å²) in [6.07, 6.45) is 3.21. The van der Waals surface area contributed by atoms with Gasteiger partial charge >= 0.3 is 0 Å². The first-order valence-electron chi connectivity index (χ1n) is 9.15. The largest absolute Gasteiger partial charge is 0.224 e. The van der Waals surface area contributed by atoms with Crippen molar-refractivity contribution in [2.45, 2.75) is 24.7 Å². The van der Waals surface area contributed by atoms with Crippen molar-refractivity contribution in [3.05, 3.63) is 102 Å². The molecule has 0 N–H and O–H groups in total. The van der Waals surface area contributed by atoms with Gasteiger partial charge in [-0.3, -0.25) is 0 Å². The van der Waals surface area contributed by atoms with Crippen LogP contribution in [0.2, 0.25) is 0 Å². The Morgan fingerprint density at radius 2 is 1.19 bits per heavy atom. The second kappa shape index (κ2) is 8.36. The number of hydrogen-bond donors (Lipinski definition) is 0. The Labute approximate surface area is 162 Å². The highest BCUT2D eigenvalue weighted by atomic mass is 32.2. The average Bonchev–Trinajstić information content (AvgIpc) is 2.69. The smallest absolute Gasteiger partial charge is 0.175 e. The van der Waals surface area contributed by atoms with Gasteiger partial charge in [-0.05, 0) is 46.4 Å². The summed E-state index contributed by atoms with van der Waals surface area (Å²) in [7, 11) is -3.21. The van der Waals surface area contributed by atoms with E-state index in [1.807, 2.05) is 36.4 Å². The zero-order valence-electron chi connectivity index (χ0n) is 15.7. The Morgan fingerprint density at radius 1 is 0.704 bits per heavy atom. The van der Waals surface area contributed by atoms with Crippen LogP contribution in [0.1, 0.15) is 36.5 Å². The van der Waals surface area contributed by atoms with Crippen LogP contribution in [0.15, 0.2) is 89.8 Å². The van der Waals surface area contributed by atoms with Crippen molar-refractivity contribution in [3.63, 3.8) is 0 Å². The van der Waals surface area contributed by atoms with Gasteiger partial charge in [-0.1, -0.05) is 86.1 Å². The zero-order valence-corrected chi connectivity index (χ0v) is 16.5. The molecule has 0 unspecified atom stereocenters. The third-order valence-electron chi connectivity index (χ3n) is 4.56. The number of rotatable bonds is 6. The van der Waals surface area contributed by atoms with E-state index in [-0.39, 0.29) is 0 Å². The molecular weight excluding hydrogens is 352 g/mol. The van der Waals surface area contributed by atoms with Crippen LogP contribution in [0.4, 0.5) is 0 Å². The lowest BCUT2D eigenvalue weighted by Crippen LogP contribution is -1.99. The molecule has 27 heavy (non-hydrogen) atoms. The van der Waals surface area contributed by atoms with E-state index in [9.17, 15) is 8.42 Å². The van der Waals surface area contributed by atoms with Crippen molar-refractivity contribution in [2.24, 2.45) is 0 Å². The SMILES string of the molecule is CCC/C(=C(\c1ccccc1)c1ccc(S(C)(=O)=O)cc1)c1ccccc1. The molecule has 0 aliphatic heterocycles. The third-order valence-corrected chi connectivity index (χ3v) is 5.69. The van der Waals surface area contributed by atoms with Gasteiger partial charge in [-0.2, -0.15) is 0 Å². The Bertz CT molecular complexity index is 1020. The summed E-state index contributed by atoms with van der Waals surface area (Å²) in [6.45, 7) is 2.18. The molecule has 3 aromatic rings. The first kappa shape index (κ1) is 19.1. The van der Waals surface area contributed by atoms with E-state index in [1.54, 1.807) is 12.1 Å². The van der Waals surface area contributed by atoms with E-state index in [0.29, 0.717) is 4.90 Å². The maximum Gasteiger partial charge on any atom is 0.175 e. The molecule has 0 aliphatic rings. The van der Waals surface area contributed by atoms with Crippen molar-refractivity contribution >= 4 is 21.0 Å². The highest BCUT2D eigenvalue weighted by Gasteiger charge is 2.14. The van der Waals surface area contributed by atoms with E-state index >= 15 is 0 Å². The Balaban J connectivity index is 2.25. The summed E-state index contributed by atoms with van der Waals surface area (Å²) >= 11 is 0. The monoisotopic (exact) mass is 376 g/mol. The van der Waals surface area contributed by atoms with Gasteiger partial charge in [0.15, 0.2) is 9.84 Å². The Hall–Kier alpha value is -2.65. The fourth-order valence-corrected chi connectivity index (χ4v) is 3.92. The maximum absolute atomic E-state index is 11.8. The van der Waals surface area contributed by atoms with Crippen molar-refractivity contribution in [1.29, 1.82) is 0 Å². The summed E-state index contributed by atoms with van der Waals surface area (Å²) in [4.78, 5) is 0.343. The van der Waals surface area contributed by atoms with E-state index in [2.05, 4.69) is 43.3 Å². The highest BCUT2D eigenvalue weighted by Crippen LogP contribution is 2.35. The van der Waals surface area contributed by atoms with Gasteiger partial charge in [0.2, 0.25) is 0 Å². The summed E-state index contributed by atoms with van der Waals surface area (Å²) < 4.78 is 23.7. The molecular formula is C24H24O2S. The number of hydrogen-bond acceptors (Lipinski definition) is 2. The Morgan fingerprint density at radius 3 is 1.67 bits per heavy atom. The first-order chi connectivity index (χ1) is 13.0. The molecule has 138 valence electrons. The fourth-order valence-electron chi connectivity index (χ4n) is 3.29. The van der Waals surface area contributed by atoms with Crippen LogP contribution in [0, 0.1) is 0 Å². The molecule has 0 aromatic heterocycles. The van der Waals surface area contributed by atoms with Crippen LogP contribution in [0.25, 0.3) is 11.1 Å². The van der Waals surface area contributed by atoms with Crippen molar-refractivity contribution in [3.8, 4) is 0 Å². The topological polar surface area (TPSA) is 34.1 Å². The molecule has 3 rings (SSSR count). The van der Waals surface area contributed by atoms with Crippen LogP contribution < -0.4 is 0 Å². The van der Waals surface area contributed by atoms with Crippen LogP contribution >= 0.6 is 0 Å². The summed E-state index contributed by atoms with van der Waals surface area (Å²) in [6, 6.07) is 27.9. The molecule has 3 heteroatoms. The van der Waals surface area contributed by atoms with Crippen LogP contribution in [-0.2, 0) is 9.84 Å². The summed E-state index contributed by atoms with van der Waals surface area (Å²) in [5.74, 6) is 0. The van der Waals surface area contributed by atoms with Crippen molar-refractivity contribution in [2.75, 3.05) is 6.26 Å². The van der Waals surface area contributed by atoms with Crippen molar-refractivity contribution < 1.29 is 8.42 Å². The molecule has 0 atom stereocenters. The summed E-state index contributed by atoms with van der Waals surface area (Å²) in [5.41, 5.74) is 5.79. The van der Waals surface area contributed by atoms with Gasteiger partial charge in [0.05, 0.1) is 4.90 Å². The average molecular weight is 377 g/mol. The minimum atomic E-state index is -3.21. The first-order valence-corrected chi connectivity index (χ1v) is 11.0. The molecule has 2 nitrogen and oxygen atoms in total. The number of allylic oxidation sites excluding steroid dienone is 1. The van der Waals surface area contributed by atoms with Crippen LogP contribution in [0.3, 0.4) is 0 Å². The van der Waals surface area contributed by atoms with E-state index in [1.165, 1.54) is 17.4 Å². The molecule has 0 heterocycles. The molecule has 0 saturated heterocycles. The lowest BCUT2D eigenvalue weighted by atomic mass is 9.87. The van der Waals surface area contributed by atoms with Gasteiger partial charge in [-0.25, -0.2) is 8.42 Å². The van der Waals surface area contributed by atoms with Gasteiger partial charge in [0, 0.05) is 6.26 Å². The van der Waals surface area contributed by atoms with Gasteiger partial charge < -0.3 is 0 Å². The molecule has 0 fully saturated rings. The number of benzene rings is 3. The Kier molecular flexibility index (Phi) is 5.92. The van der Waals surface area contributed by atoms with Crippen LogP contribution in [0.5, 0.6) is 0 Å². The van der Waals surface area contributed by atoms with Gasteiger partial charge in [0.1, 0.15) is 0 Å². The van der Waals surface area contributed by atoms with Gasteiger partial charge in [0.25, 0.3) is 0 Å². The van der Waals surface area contributed by atoms with E-state index < -0.39 is 9.84 Å². The fraction of sp³-hybridized carbons (Fsp3) is 0.167. The van der Waals surface area contributed by atoms with Gasteiger partial charge in [-0.15, -0.1) is 0 Å². The molecule has 0 amide bonds. The predicted octanol–water partition coefficient (Wildman–Crippen LogP) is 5.85.